The smallest absolute Gasteiger partial charge is 0.230 e. The van der Waals surface area contributed by atoms with Crippen LogP contribution >= 0.6 is 0 Å². The molecule has 1 aromatic heterocycles. The summed E-state index contributed by atoms with van der Waals surface area (Å²) in [5.41, 5.74) is 3.96. The minimum atomic E-state index is -0.356. The summed E-state index contributed by atoms with van der Waals surface area (Å²) in [5.74, 6) is 1.14. The van der Waals surface area contributed by atoms with Crippen molar-refractivity contribution in [3.8, 4) is 11.5 Å². The lowest BCUT2D eigenvalue weighted by Gasteiger charge is -2.37. The number of hydrogen-bond donors (Lipinski definition) is 1. The average Bonchev–Trinajstić information content (AvgIpc) is 3.14. The van der Waals surface area contributed by atoms with Crippen molar-refractivity contribution >= 4 is 5.71 Å². The molecule has 3 aromatic rings. The predicted octanol–water partition coefficient (Wildman–Crippen LogP) is 4.03. The van der Waals surface area contributed by atoms with Gasteiger partial charge in [-0.2, -0.15) is 5.10 Å². The molecule has 0 spiro atoms. The fourth-order valence-corrected chi connectivity index (χ4v) is 3.58. The van der Waals surface area contributed by atoms with Gasteiger partial charge in [0.2, 0.25) is 6.23 Å². The first-order valence-electron chi connectivity index (χ1n) is 8.61. The van der Waals surface area contributed by atoms with Gasteiger partial charge in [-0.25, -0.2) is 5.01 Å². The molecule has 0 saturated heterocycles. The minimum absolute atomic E-state index is 0.107. The van der Waals surface area contributed by atoms with E-state index < -0.39 is 0 Å². The van der Waals surface area contributed by atoms with Crippen LogP contribution in [0.5, 0.6) is 11.5 Å². The van der Waals surface area contributed by atoms with Gasteiger partial charge in [-0.05, 0) is 48.0 Å². The van der Waals surface area contributed by atoms with Gasteiger partial charge < -0.3 is 9.84 Å². The van der Waals surface area contributed by atoms with Crippen LogP contribution in [0.25, 0.3) is 0 Å². The highest BCUT2D eigenvalue weighted by atomic mass is 16.5. The Balaban J connectivity index is 1.59. The Morgan fingerprint density at radius 1 is 0.962 bits per heavy atom. The summed E-state index contributed by atoms with van der Waals surface area (Å²) in [6.07, 6.45) is 2.20. The summed E-state index contributed by atoms with van der Waals surface area (Å²) in [4.78, 5) is 4.48. The average molecular weight is 343 g/mol. The predicted molar refractivity (Wildman–Crippen MR) is 97.9 cm³/mol. The van der Waals surface area contributed by atoms with Gasteiger partial charge in [0.05, 0.1) is 11.8 Å². The molecule has 1 N–H and O–H groups in total. The summed E-state index contributed by atoms with van der Waals surface area (Å²) in [6, 6.07) is 21.2. The molecule has 0 radical (unpaired) electrons. The van der Waals surface area contributed by atoms with Crippen LogP contribution in [0.2, 0.25) is 0 Å². The van der Waals surface area contributed by atoms with E-state index in [1.807, 2.05) is 53.5 Å². The molecular weight excluding hydrogens is 326 g/mol. The van der Waals surface area contributed by atoms with Gasteiger partial charge in [0.25, 0.3) is 0 Å². The molecule has 0 saturated carbocycles. The van der Waals surface area contributed by atoms with E-state index in [0.29, 0.717) is 0 Å². The first-order valence-corrected chi connectivity index (χ1v) is 8.61. The van der Waals surface area contributed by atoms with Crippen LogP contribution in [0.4, 0.5) is 0 Å². The summed E-state index contributed by atoms with van der Waals surface area (Å²) < 4.78 is 6.25. The molecule has 2 aliphatic rings. The van der Waals surface area contributed by atoms with E-state index in [2.05, 4.69) is 11.1 Å². The maximum atomic E-state index is 9.55. The van der Waals surface area contributed by atoms with Gasteiger partial charge in [0, 0.05) is 18.2 Å². The molecule has 0 fully saturated rings. The topological polar surface area (TPSA) is 58.0 Å². The molecule has 2 aromatic carbocycles. The van der Waals surface area contributed by atoms with Crippen LogP contribution < -0.4 is 4.74 Å². The number of phenols is 1. The second-order valence-corrected chi connectivity index (χ2v) is 6.46. The highest BCUT2D eigenvalue weighted by Crippen LogP contribution is 2.46. The van der Waals surface area contributed by atoms with Gasteiger partial charge >= 0.3 is 0 Å². The maximum Gasteiger partial charge on any atom is 0.230 e. The fourth-order valence-electron chi connectivity index (χ4n) is 3.58. The lowest BCUT2D eigenvalue weighted by molar-refractivity contribution is -0.0218. The van der Waals surface area contributed by atoms with Gasteiger partial charge in [0.15, 0.2) is 0 Å². The van der Waals surface area contributed by atoms with Crippen molar-refractivity contribution in [1.82, 2.24) is 9.99 Å². The standard InChI is InChI=1S/C21H17N3O2/c25-15-10-8-14(9-11-15)18-13-19-16-5-1-2-7-20(16)26-21(24(19)23-18)17-6-3-4-12-22-17/h1-12,19,21,25H,13H2. The van der Waals surface area contributed by atoms with Gasteiger partial charge in [-0.1, -0.05) is 24.3 Å². The van der Waals surface area contributed by atoms with E-state index in [4.69, 9.17) is 9.84 Å². The van der Waals surface area contributed by atoms with E-state index in [-0.39, 0.29) is 18.0 Å². The number of aromatic hydroxyl groups is 1. The van der Waals surface area contributed by atoms with Crippen LogP contribution in [0, 0.1) is 0 Å². The van der Waals surface area contributed by atoms with Gasteiger partial charge in [-0.3, -0.25) is 4.98 Å². The number of rotatable bonds is 2. The first-order chi connectivity index (χ1) is 12.8. The molecule has 5 heteroatoms. The zero-order chi connectivity index (χ0) is 17.5. The first kappa shape index (κ1) is 15.0. The third kappa shape index (κ3) is 2.40. The Morgan fingerprint density at radius 2 is 1.77 bits per heavy atom. The number of hydrazone groups is 1. The van der Waals surface area contributed by atoms with Crippen molar-refractivity contribution in [2.75, 3.05) is 0 Å². The number of ether oxygens (including phenoxy) is 1. The van der Waals surface area contributed by atoms with Crippen molar-refractivity contribution in [1.29, 1.82) is 0 Å². The van der Waals surface area contributed by atoms with Gasteiger partial charge in [0.1, 0.15) is 17.2 Å². The summed E-state index contributed by atoms with van der Waals surface area (Å²) in [6.45, 7) is 0. The highest BCUT2D eigenvalue weighted by molar-refractivity contribution is 6.02. The maximum absolute atomic E-state index is 9.55. The number of phenolic OH excluding ortho intramolecular Hbond substituents is 1. The molecule has 2 atom stereocenters. The SMILES string of the molecule is Oc1ccc(C2=NN3C(C2)c2ccccc2OC3c2ccccn2)cc1. The molecule has 2 unspecified atom stereocenters. The van der Waals surface area contributed by atoms with E-state index in [9.17, 15) is 5.11 Å². The van der Waals surface area contributed by atoms with E-state index in [1.165, 1.54) is 0 Å². The van der Waals surface area contributed by atoms with E-state index in [1.54, 1.807) is 18.3 Å². The van der Waals surface area contributed by atoms with Crippen LogP contribution in [0.3, 0.4) is 0 Å². The minimum Gasteiger partial charge on any atom is -0.508 e. The van der Waals surface area contributed by atoms with Gasteiger partial charge in [-0.15, -0.1) is 0 Å². The van der Waals surface area contributed by atoms with Crippen LogP contribution in [0.15, 0.2) is 78.0 Å². The second kappa shape index (κ2) is 5.88. The summed E-state index contributed by atoms with van der Waals surface area (Å²) in [7, 11) is 0. The molecule has 5 nitrogen and oxygen atoms in total. The van der Waals surface area contributed by atoms with Crippen LogP contribution in [-0.4, -0.2) is 20.8 Å². The van der Waals surface area contributed by atoms with E-state index >= 15 is 0 Å². The molecule has 26 heavy (non-hydrogen) atoms. The Hall–Kier alpha value is -3.34. The Labute approximate surface area is 151 Å². The molecular formula is C21H17N3O2. The fraction of sp³-hybridized carbons (Fsp3) is 0.143. The zero-order valence-corrected chi connectivity index (χ0v) is 14.0. The quantitative estimate of drug-likeness (QED) is 0.763. The Morgan fingerprint density at radius 3 is 2.58 bits per heavy atom. The molecule has 128 valence electrons. The Bertz CT molecular complexity index is 970. The lowest BCUT2D eigenvalue weighted by atomic mass is 9.96. The largest absolute Gasteiger partial charge is 0.508 e. The molecule has 2 aliphatic heterocycles. The van der Waals surface area contributed by atoms with Crippen molar-refractivity contribution in [2.45, 2.75) is 18.7 Å². The number of para-hydroxylation sites is 1. The van der Waals surface area contributed by atoms with Crippen LogP contribution in [0.1, 0.15) is 35.5 Å². The highest BCUT2D eigenvalue weighted by Gasteiger charge is 2.41. The lowest BCUT2D eigenvalue weighted by Crippen LogP contribution is -2.34. The molecule has 0 aliphatic carbocycles. The number of benzene rings is 2. The molecule has 3 heterocycles. The number of fused-ring (bicyclic) bond motifs is 3. The van der Waals surface area contributed by atoms with E-state index in [0.717, 1.165) is 34.7 Å². The Kier molecular flexibility index (Phi) is 3.38. The molecule has 0 amide bonds. The van der Waals surface area contributed by atoms with Crippen molar-refractivity contribution in [2.24, 2.45) is 5.10 Å². The number of aromatic nitrogens is 1. The number of nitrogens with zero attached hydrogens (tertiary/aromatic N) is 3. The monoisotopic (exact) mass is 343 g/mol. The van der Waals surface area contributed by atoms with Crippen molar-refractivity contribution < 1.29 is 9.84 Å². The van der Waals surface area contributed by atoms with Crippen molar-refractivity contribution in [3.05, 3.63) is 89.7 Å². The summed E-state index contributed by atoms with van der Waals surface area (Å²) >= 11 is 0. The van der Waals surface area contributed by atoms with Crippen molar-refractivity contribution in [3.63, 3.8) is 0 Å². The summed E-state index contributed by atoms with van der Waals surface area (Å²) in [5, 5.41) is 16.4. The second-order valence-electron chi connectivity index (χ2n) is 6.46. The zero-order valence-electron chi connectivity index (χ0n) is 14.0. The third-order valence-corrected chi connectivity index (χ3v) is 4.84. The van der Waals surface area contributed by atoms with Crippen LogP contribution in [-0.2, 0) is 0 Å². The number of hydrogen-bond acceptors (Lipinski definition) is 5. The molecule has 0 bridgehead atoms. The third-order valence-electron chi connectivity index (χ3n) is 4.84. The number of pyridine rings is 1. The molecule has 5 rings (SSSR count). The normalized spacial score (nSPS) is 20.8.